The monoisotopic (exact) mass is 267 g/mol. The van der Waals surface area contributed by atoms with Gasteiger partial charge in [0, 0.05) is 11.1 Å². The molecule has 0 bridgehead atoms. The number of aromatic nitrogens is 2. The highest BCUT2D eigenvalue weighted by Crippen LogP contribution is 2.27. The SMILES string of the molecule is CO/N=C1\C[C@@H](C)Cc2nnc(-c3ccccc3)cc21. The minimum absolute atomic E-state index is 0.522. The molecule has 1 aromatic carbocycles. The first-order valence-electron chi connectivity index (χ1n) is 6.80. The van der Waals surface area contributed by atoms with Crippen molar-refractivity contribution in [3.8, 4) is 11.3 Å². The van der Waals surface area contributed by atoms with Crippen molar-refractivity contribution in [3.05, 3.63) is 47.7 Å². The Bertz CT molecular complexity index is 637. The average Bonchev–Trinajstić information content (AvgIpc) is 2.48. The Morgan fingerprint density at radius 3 is 2.70 bits per heavy atom. The van der Waals surface area contributed by atoms with Crippen LogP contribution in [0.5, 0.6) is 0 Å². The van der Waals surface area contributed by atoms with Crippen molar-refractivity contribution >= 4 is 5.71 Å². The van der Waals surface area contributed by atoms with Gasteiger partial charge in [-0.15, -0.1) is 0 Å². The Labute approximate surface area is 118 Å². The molecule has 0 radical (unpaired) electrons. The number of hydrogen-bond acceptors (Lipinski definition) is 4. The minimum Gasteiger partial charge on any atom is -0.399 e. The Kier molecular flexibility index (Phi) is 3.46. The number of fused-ring (bicyclic) bond motifs is 1. The third-order valence-electron chi connectivity index (χ3n) is 3.54. The van der Waals surface area contributed by atoms with Gasteiger partial charge in [-0.2, -0.15) is 10.2 Å². The van der Waals surface area contributed by atoms with Crippen LogP contribution in [0.15, 0.2) is 41.6 Å². The molecule has 102 valence electrons. The highest BCUT2D eigenvalue weighted by Gasteiger charge is 2.23. The molecule has 0 unspecified atom stereocenters. The van der Waals surface area contributed by atoms with E-state index in [1.807, 2.05) is 30.3 Å². The fourth-order valence-corrected chi connectivity index (χ4v) is 2.61. The van der Waals surface area contributed by atoms with E-state index in [0.717, 1.165) is 41.1 Å². The highest BCUT2D eigenvalue weighted by atomic mass is 16.6. The van der Waals surface area contributed by atoms with Crippen LogP contribution in [0.1, 0.15) is 24.6 Å². The summed E-state index contributed by atoms with van der Waals surface area (Å²) in [7, 11) is 1.58. The van der Waals surface area contributed by atoms with Gasteiger partial charge in [0.2, 0.25) is 0 Å². The summed E-state index contributed by atoms with van der Waals surface area (Å²) in [6, 6.07) is 12.1. The van der Waals surface area contributed by atoms with Crippen LogP contribution < -0.4 is 0 Å². The summed E-state index contributed by atoms with van der Waals surface area (Å²) in [5, 5.41) is 12.9. The molecule has 1 aliphatic carbocycles. The summed E-state index contributed by atoms with van der Waals surface area (Å²) in [6.07, 6.45) is 1.86. The molecule has 1 aromatic heterocycles. The average molecular weight is 267 g/mol. The summed E-state index contributed by atoms with van der Waals surface area (Å²) < 4.78 is 0. The first-order chi connectivity index (χ1) is 9.78. The first kappa shape index (κ1) is 12.8. The number of rotatable bonds is 2. The van der Waals surface area contributed by atoms with Gasteiger partial charge in [-0.05, 0) is 24.8 Å². The quantitative estimate of drug-likeness (QED) is 0.786. The Hall–Kier alpha value is -2.23. The molecule has 3 rings (SSSR count). The second-order valence-corrected chi connectivity index (χ2v) is 5.19. The van der Waals surface area contributed by atoms with Crippen LogP contribution in [0.2, 0.25) is 0 Å². The van der Waals surface area contributed by atoms with Crippen molar-refractivity contribution in [2.45, 2.75) is 19.8 Å². The first-order valence-corrected chi connectivity index (χ1v) is 6.80. The summed E-state index contributed by atoms with van der Waals surface area (Å²) in [4.78, 5) is 4.97. The van der Waals surface area contributed by atoms with E-state index in [9.17, 15) is 0 Å². The lowest BCUT2D eigenvalue weighted by molar-refractivity contribution is 0.212. The molecular weight excluding hydrogens is 250 g/mol. The van der Waals surface area contributed by atoms with Crippen molar-refractivity contribution < 1.29 is 4.84 Å². The van der Waals surface area contributed by atoms with Gasteiger partial charge in [-0.3, -0.25) is 0 Å². The van der Waals surface area contributed by atoms with Crippen LogP contribution in [0.3, 0.4) is 0 Å². The van der Waals surface area contributed by atoms with Crippen molar-refractivity contribution in [2.24, 2.45) is 11.1 Å². The lowest BCUT2D eigenvalue weighted by atomic mass is 9.86. The Balaban J connectivity index is 2.07. The predicted molar refractivity (Wildman–Crippen MR) is 78.5 cm³/mol. The third kappa shape index (κ3) is 2.41. The van der Waals surface area contributed by atoms with E-state index in [1.165, 1.54) is 0 Å². The minimum atomic E-state index is 0.522. The number of benzene rings is 1. The van der Waals surface area contributed by atoms with E-state index in [0.29, 0.717) is 5.92 Å². The molecule has 1 aliphatic rings. The molecule has 4 heteroatoms. The Morgan fingerprint density at radius 2 is 1.95 bits per heavy atom. The van der Waals surface area contributed by atoms with E-state index in [-0.39, 0.29) is 0 Å². The largest absolute Gasteiger partial charge is 0.399 e. The highest BCUT2D eigenvalue weighted by molar-refractivity contribution is 6.02. The van der Waals surface area contributed by atoms with E-state index in [1.54, 1.807) is 7.11 Å². The van der Waals surface area contributed by atoms with Gasteiger partial charge in [-0.25, -0.2) is 0 Å². The number of oxime groups is 1. The van der Waals surface area contributed by atoms with Gasteiger partial charge in [0.25, 0.3) is 0 Å². The normalized spacial score (nSPS) is 19.7. The standard InChI is InChI=1S/C16H17N3O/c1-11-8-15-13(16(9-11)19-20-2)10-14(17-18-15)12-6-4-3-5-7-12/h3-7,10-11H,8-9H2,1-2H3/b19-16+/t11-/m0/s1. The molecule has 0 fully saturated rings. The molecule has 20 heavy (non-hydrogen) atoms. The van der Waals surface area contributed by atoms with Gasteiger partial charge >= 0.3 is 0 Å². The van der Waals surface area contributed by atoms with Crippen molar-refractivity contribution in [3.63, 3.8) is 0 Å². The van der Waals surface area contributed by atoms with Crippen molar-refractivity contribution in [2.75, 3.05) is 7.11 Å². The second kappa shape index (κ2) is 5.41. The summed E-state index contributed by atoms with van der Waals surface area (Å²) in [6.45, 7) is 2.20. The van der Waals surface area contributed by atoms with E-state index in [4.69, 9.17) is 4.84 Å². The summed E-state index contributed by atoms with van der Waals surface area (Å²) in [5.74, 6) is 0.522. The van der Waals surface area contributed by atoms with Gasteiger partial charge in [0.05, 0.1) is 17.1 Å². The summed E-state index contributed by atoms with van der Waals surface area (Å²) >= 11 is 0. The molecule has 1 heterocycles. The molecule has 0 spiro atoms. The van der Waals surface area contributed by atoms with Crippen LogP contribution in [-0.4, -0.2) is 23.0 Å². The van der Waals surface area contributed by atoms with Crippen LogP contribution in [0, 0.1) is 5.92 Å². The molecule has 2 aromatic rings. The topological polar surface area (TPSA) is 47.4 Å². The molecular formula is C16H17N3O. The smallest absolute Gasteiger partial charge is 0.106 e. The zero-order chi connectivity index (χ0) is 13.9. The van der Waals surface area contributed by atoms with Crippen molar-refractivity contribution in [1.29, 1.82) is 0 Å². The van der Waals surface area contributed by atoms with Crippen LogP contribution >= 0.6 is 0 Å². The molecule has 0 amide bonds. The molecule has 0 N–H and O–H groups in total. The second-order valence-electron chi connectivity index (χ2n) is 5.19. The number of nitrogens with zero attached hydrogens (tertiary/aromatic N) is 3. The zero-order valence-electron chi connectivity index (χ0n) is 11.7. The lowest BCUT2D eigenvalue weighted by Gasteiger charge is -2.21. The van der Waals surface area contributed by atoms with Gasteiger partial charge in [0.15, 0.2) is 0 Å². The van der Waals surface area contributed by atoms with E-state index < -0.39 is 0 Å². The molecule has 1 atom stereocenters. The lowest BCUT2D eigenvalue weighted by Crippen LogP contribution is -2.21. The van der Waals surface area contributed by atoms with Crippen molar-refractivity contribution in [1.82, 2.24) is 10.2 Å². The maximum absolute atomic E-state index is 4.97. The maximum atomic E-state index is 4.97. The van der Waals surface area contributed by atoms with Gasteiger partial charge in [-0.1, -0.05) is 42.4 Å². The van der Waals surface area contributed by atoms with Gasteiger partial charge < -0.3 is 4.84 Å². The fraction of sp³-hybridized carbons (Fsp3) is 0.312. The number of hydrogen-bond donors (Lipinski definition) is 0. The Morgan fingerprint density at radius 1 is 1.15 bits per heavy atom. The molecule has 4 nitrogen and oxygen atoms in total. The fourth-order valence-electron chi connectivity index (χ4n) is 2.61. The summed E-state index contributed by atoms with van der Waals surface area (Å²) in [5.41, 5.74) is 4.99. The van der Waals surface area contributed by atoms with E-state index in [2.05, 4.69) is 28.3 Å². The van der Waals surface area contributed by atoms with Gasteiger partial charge in [0.1, 0.15) is 7.11 Å². The molecule has 0 aliphatic heterocycles. The maximum Gasteiger partial charge on any atom is 0.106 e. The third-order valence-corrected chi connectivity index (χ3v) is 3.54. The zero-order valence-corrected chi connectivity index (χ0v) is 11.7. The van der Waals surface area contributed by atoms with Crippen LogP contribution in [-0.2, 0) is 11.3 Å². The van der Waals surface area contributed by atoms with Crippen LogP contribution in [0.4, 0.5) is 0 Å². The van der Waals surface area contributed by atoms with E-state index >= 15 is 0 Å². The predicted octanol–water partition coefficient (Wildman–Crippen LogP) is 3.08. The molecule has 0 saturated carbocycles. The van der Waals surface area contributed by atoms with Crippen LogP contribution in [0.25, 0.3) is 11.3 Å². The molecule has 0 saturated heterocycles.